The van der Waals surface area contributed by atoms with Crippen molar-refractivity contribution in [3.05, 3.63) is 28.3 Å². The number of aryl methyl sites for hydroxylation is 1. The van der Waals surface area contributed by atoms with Gasteiger partial charge in [0.05, 0.1) is 13.7 Å². The van der Waals surface area contributed by atoms with E-state index in [-0.39, 0.29) is 0 Å². The van der Waals surface area contributed by atoms with Crippen molar-refractivity contribution in [1.82, 2.24) is 0 Å². The topological polar surface area (TPSA) is 35.5 Å². The molecule has 0 spiro atoms. The van der Waals surface area contributed by atoms with E-state index in [1.165, 1.54) is 7.11 Å². The van der Waals surface area contributed by atoms with Crippen molar-refractivity contribution >= 4 is 17.6 Å². The number of hydrogen-bond donors (Lipinski definition) is 0. The third-order valence-electron chi connectivity index (χ3n) is 1.98. The van der Waals surface area contributed by atoms with Crippen LogP contribution in [0.4, 0.5) is 0 Å². The Bertz CT molecular complexity index is 374. The van der Waals surface area contributed by atoms with Crippen molar-refractivity contribution in [1.29, 1.82) is 0 Å². The smallest absolute Gasteiger partial charge is 0.341 e. The molecule has 0 atom stereocenters. The van der Waals surface area contributed by atoms with Crippen LogP contribution < -0.4 is 4.74 Å². The van der Waals surface area contributed by atoms with Crippen molar-refractivity contribution in [3.63, 3.8) is 0 Å². The number of ether oxygens (including phenoxy) is 2. The number of carbonyl (C=O) groups excluding carboxylic acids is 1. The second kappa shape index (κ2) is 5.03. The summed E-state index contributed by atoms with van der Waals surface area (Å²) in [6.45, 7) is 3.92. The molecular formula is C11H13ClO3. The Labute approximate surface area is 93.9 Å². The number of hydrogen-bond acceptors (Lipinski definition) is 3. The number of benzene rings is 1. The van der Waals surface area contributed by atoms with Crippen LogP contribution >= 0.6 is 11.6 Å². The highest BCUT2D eigenvalue weighted by Crippen LogP contribution is 2.27. The zero-order valence-corrected chi connectivity index (χ0v) is 9.72. The van der Waals surface area contributed by atoms with Crippen LogP contribution in [-0.2, 0) is 4.74 Å². The van der Waals surface area contributed by atoms with Crippen molar-refractivity contribution in [2.45, 2.75) is 13.8 Å². The number of rotatable bonds is 3. The van der Waals surface area contributed by atoms with Gasteiger partial charge in [0.1, 0.15) is 11.3 Å². The molecule has 0 heterocycles. The third kappa shape index (κ3) is 2.63. The third-order valence-corrected chi connectivity index (χ3v) is 2.38. The van der Waals surface area contributed by atoms with Crippen LogP contribution in [0.5, 0.6) is 5.75 Å². The van der Waals surface area contributed by atoms with Crippen molar-refractivity contribution in [2.24, 2.45) is 0 Å². The van der Waals surface area contributed by atoms with Crippen LogP contribution in [0.2, 0.25) is 5.02 Å². The summed E-state index contributed by atoms with van der Waals surface area (Å²) in [5, 5.41) is 0.569. The highest BCUT2D eigenvalue weighted by atomic mass is 35.5. The lowest BCUT2D eigenvalue weighted by molar-refractivity contribution is 0.0522. The molecule has 0 unspecified atom stereocenters. The van der Waals surface area contributed by atoms with Crippen molar-refractivity contribution in [3.8, 4) is 5.75 Å². The first-order valence-corrected chi connectivity index (χ1v) is 4.99. The molecule has 3 nitrogen and oxygen atoms in total. The second-order valence-electron chi connectivity index (χ2n) is 3.02. The Morgan fingerprint density at radius 2 is 2.13 bits per heavy atom. The monoisotopic (exact) mass is 228 g/mol. The molecule has 0 aliphatic heterocycles. The van der Waals surface area contributed by atoms with E-state index < -0.39 is 5.97 Å². The first-order valence-electron chi connectivity index (χ1n) is 4.61. The summed E-state index contributed by atoms with van der Waals surface area (Å²) in [7, 11) is 1.49. The second-order valence-corrected chi connectivity index (χ2v) is 3.43. The van der Waals surface area contributed by atoms with Gasteiger partial charge in [-0.1, -0.05) is 11.6 Å². The highest BCUT2D eigenvalue weighted by Gasteiger charge is 2.15. The molecule has 0 N–H and O–H groups in total. The van der Waals surface area contributed by atoms with Gasteiger partial charge in [-0.05, 0) is 31.5 Å². The summed E-state index contributed by atoms with van der Waals surface area (Å²) in [5.41, 5.74) is 1.22. The number of halogens is 1. The van der Waals surface area contributed by atoms with Gasteiger partial charge in [-0.25, -0.2) is 4.79 Å². The summed E-state index contributed by atoms with van der Waals surface area (Å²) < 4.78 is 9.97. The average Bonchev–Trinajstić information content (AvgIpc) is 2.21. The first-order chi connectivity index (χ1) is 7.10. The maximum Gasteiger partial charge on any atom is 0.341 e. The van der Waals surface area contributed by atoms with E-state index in [0.29, 0.717) is 22.9 Å². The Hall–Kier alpha value is -1.22. The van der Waals surface area contributed by atoms with E-state index in [0.717, 1.165) is 5.56 Å². The molecule has 1 rings (SSSR count). The largest absolute Gasteiger partial charge is 0.496 e. The lowest BCUT2D eigenvalue weighted by Gasteiger charge is -2.09. The fraction of sp³-hybridized carbons (Fsp3) is 0.364. The van der Waals surface area contributed by atoms with Gasteiger partial charge in [0.2, 0.25) is 0 Å². The van der Waals surface area contributed by atoms with Crippen LogP contribution in [0.15, 0.2) is 12.1 Å². The van der Waals surface area contributed by atoms with Gasteiger partial charge in [-0.15, -0.1) is 0 Å². The molecule has 0 aliphatic rings. The van der Waals surface area contributed by atoms with Gasteiger partial charge >= 0.3 is 5.97 Å². The molecule has 0 aromatic heterocycles. The minimum atomic E-state index is -0.394. The fourth-order valence-electron chi connectivity index (χ4n) is 1.20. The van der Waals surface area contributed by atoms with Gasteiger partial charge in [0.15, 0.2) is 0 Å². The minimum absolute atomic E-state index is 0.337. The molecule has 1 aromatic rings. The van der Waals surface area contributed by atoms with Crippen molar-refractivity contribution < 1.29 is 14.3 Å². The minimum Gasteiger partial charge on any atom is -0.496 e. The van der Waals surface area contributed by atoms with E-state index in [1.807, 2.05) is 6.92 Å². The highest BCUT2D eigenvalue weighted by molar-refractivity contribution is 6.31. The molecule has 15 heavy (non-hydrogen) atoms. The lowest BCUT2D eigenvalue weighted by Crippen LogP contribution is -2.07. The zero-order valence-electron chi connectivity index (χ0n) is 8.96. The average molecular weight is 229 g/mol. The molecule has 82 valence electrons. The molecular weight excluding hydrogens is 216 g/mol. The number of methoxy groups -OCH3 is 1. The van der Waals surface area contributed by atoms with Crippen LogP contribution in [0, 0.1) is 6.92 Å². The quantitative estimate of drug-likeness (QED) is 0.747. The van der Waals surface area contributed by atoms with Crippen LogP contribution in [-0.4, -0.2) is 19.7 Å². The predicted octanol–water partition coefficient (Wildman–Crippen LogP) is 2.83. The van der Waals surface area contributed by atoms with Gasteiger partial charge < -0.3 is 9.47 Å². The zero-order chi connectivity index (χ0) is 11.4. The molecule has 0 saturated heterocycles. The van der Waals surface area contributed by atoms with Gasteiger partial charge in [0, 0.05) is 5.02 Å². The Morgan fingerprint density at radius 1 is 1.47 bits per heavy atom. The Balaban J connectivity index is 3.15. The molecule has 4 heteroatoms. The van der Waals surface area contributed by atoms with Crippen molar-refractivity contribution in [2.75, 3.05) is 13.7 Å². The molecule has 0 bridgehead atoms. The molecule has 0 aliphatic carbocycles. The summed E-state index contributed by atoms with van der Waals surface area (Å²) >= 11 is 5.91. The lowest BCUT2D eigenvalue weighted by atomic mass is 10.1. The van der Waals surface area contributed by atoms with E-state index >= 15 is 0 Å². The van der Waals surface area contributed by atoms with Gasteiger partial charge in [-0.3, -0.25) is 0 Å². The fourth-order valence-corrected chi connectivity index (χ4v) is 1.35. The molecule has 1 aromatic carbocycles. The van der Waals surface area contributed by atoms with E-state index in [9.17, 15) is 4.79 Å². The normalized spacial score (nSPS) is 9.87. The SMILES string of the molecule is CCOC(=O)c1cc(C)c(Cl)cc1OC. The molecule has 0 radical (unpaired) electrons. The van der Waals surface area contributed by atoms with Gasteiger partial charge in [0.25, 0.3) is 0 Å². The maximum atomic E-state index is 11.5. The maximum absolute atomic E-state index is 11.5. The van der Waals surface area contributed by atoms with E-state index in [2.05, 4.69) is 0 Å². The summed E-state index contributed by atoms with van der Waals surface area (Å²) in [6.07, 6.45) is 0. The standard InChI is InChI=1S/C11H13ClO3/c1-4-15-11(13)8-5-7(2)9(12)6-10(8)14-3/h5-6H,4H2,1-3H3. The van der Waals surface area contributed by atoms with Crippen LogP contribution in [0.25, 0.3) is 0 Å². The Kier molecular flexibility index (Phi) is 3.97. The summed E-state index contributed by atoms with van der Waals surface area (Å²) in [6, 6.07) is 3.28. The number of carbonyl (C=O) groups is 1. The van der Waals surface area contributed by atoms with Crippen LogP contribution in [0.1, 0.15) is 22.8 Å². The van der Waals surface area contributed by atoms with E-state index in [4.69, 9.17) is 21.1 Å². The predicted molar refractivity (Wildman–Crippen MR) is 58.7 cm³/mol. The first kappa shape index (κ1) is 11.9. The molecule has 0 saturated carbocycles. The molecule has 0 amide bonds. The number of esters is 1. The van der Waals surface area contributed by atoms with Crippen LogP contribution in [0.3, 0.4) is 0 Å². The van der Waals surface area contributed by atoms with Gasteiger partial charge in [-0.2, -0.15) is 0 Å². The molecule has 0 fully saturated rings. The summed E-state index contributed by atoms with van der Waals surface area (Å²) in [5.74, 6) is 0.0400. The Morgan fingerprint density at radius 3 is 2.67 bits per heavy atom. The summed E-state index contributed by atoms with van der Waals surface area (Å²) in [4.78, 5) is 11.5. The van der Waals surface area contributed by atoms with E-state index in [1.54, 1.807) is 19.1 Å².